The van der Waals surface area contributed by atoms with Crippen LogP contribution in [0.5, 0.6) is 5.75 Å². The van der Waals surface area contributed by atoms with Gasteiger partial charge in [0.25, 0.3) is 5.91 Å². The van der Waals surface area contributed by atoms with Crippen LogP contribution in [0.1, 0.15) is 75.2 Å². The molecule has 1 aliphatic heterocycles. The van der Waals surface area contributed by atoms with Crippen molar-refractivity contribution >= 4 is 23.1 Å². The van der Waals surface area contributed by atoms with Crippen molar-refractivity contribution in [3.63, 3.8) is 0 Å². The van der Waals surface area contributed by atoms with Crippen molar-refractivity contribution in [3.8, 4) is 16.9 Å². The molecule has 1 heterocycles. The fourth-order valence-corrected chi connectivity index (χ4v) is 6.44. The van der Waals surface area contributed by atoms with Crippen LogP contribution < -0.4 is 15.0 Å². The van der Waals surface area contributed by atoms with Gasteiger partial charge in [-0.2, -0.15) is 0 Å². The Balaban J connectivity index is 1.69. The number of ketones is 1. The van der Waals surface area contributed by atoms with Crippen molar-refractivity contribution in [1.29, 1.82) is 0 Å². The number of carbonyl (C=O) groups excluding carboxylic acids is 2. The van der Waals surface area contributed by atoms with Gasteiger partial charge in [-0.1, -0.05) is 19.1 Å². The molecule has 0 radical (unpaired) electrons. The molecule has 1 saturated carbocycles. The Labute approximate surface area is 263 Å². The first-order chi connectivity index (χ1) is 21.1. The topological polar surface area (TPSA) is 83.5 Å². The monoisotopic (exact) mass is 602 g/mol. The normalized spacial score (nSPS) is 18.8. The SMILES string of the molecule is CCCN(c1cc(-c2ccc(OCCOC)cc2)cc(C(=O)NCC2=C(C)N=C(C)CC2=O)c1C)[C@H]1CC[C@H](N(C)C)CC1. The lowest BCUT2D eigenvalue weighted by molar-refractivity contribution is -0.114. The second kappa shape index (κ2) is 15.5. The van der Waals surface area contributed by atoms with Crippen molar-refractivity contribution in [1.82, 2.24) is 10.2 Å². The van der Waals surface area contributed by atoms with E-state index in [0.29, 0.717) is 48.6 Å². The molecule has 0 unspecified atom stereocenters. The first kappa shape index (κ1) is 33.4. The van der Waals surface area contributed by atoms with Gasteiger partial charge in [-0.3, -0.25) is 14.6 Å². The van der Waals surface area contributed by atoms with E-state index >= 15 is 0 Å². The number of rotatable bonds is 13. The highest BCUT2D eigenvalue weighted by atomic mass is 16.5. The van der Waals surface area contributed by atoms with E-state index in [1.807, 2.05) is 44.2 Å². The fourth-order valence-electron chi connectivity index (χ4n) is 6.44. The summed E-state index contributed by atoms with van der Waals surface area (Å²) in [5, 5.41) is 3.05. The lowest BCUT2D eigenvalue weighted by atomic mass is 9.88. The maximum atomic E-state index is 13.9. The lowest BCUT2D eigenvalue weighted by Crippen LogP contribution is -2.43. The van der Waals surface area contributed by atoms with Crippen LogP contribution in [0, 0.1) is 6.92 Å². The molecule has 1 N–H and O–H groups in total. The minimum Gasteiger partial charge on any atom is -0.491 e. The van der Waals surface area contributed by atoms with E-state index in [9.17, 15) is 9.59 Å². The van der Waals surface area contributed by atoms with E-state index in [0.717, 1.165) is 59.6 Å². The Bertz CT molecular complexity index is 1370. The summed E-state index contributed by atoms with van der Waals surface area (Å²) in [5.41, 5.74) is 6.75. The highest BCUT2D eigenvalue weighted by Gasteiger charge is 2.29. The Morgan fingerprint density at radius 3 is 2.27 bits per heavy atom. The number of amides is 1. The van der Waals surface area contributed by atoms with Gasteiger partial charge in [0.2, 0.25) is 0 Å². The average molecular weight is 603 g/mol. The highest BCUT2D eigenvalue weighted by Crippen LogP contribution is 2.36. The summed E-state index contributed by atoms with van der Waals surface area (Å²) >= 11 is 0. The number of methoxy groups -OCH3 is 1. The van der Waals surface area contributed by atoms with E-state index in [1.54, 1.807) is 7.11 Å². The third-order valence-electron chi connectivity index (χ3n) is 8.95. The first-order valence-corrected chi connectivity index (χ1v) is 16.0. The van der Waals surface area contributed by atoms with E-state index < -0.39 is 0 Å². The Morgan fingerprint density at radius 1 is 0.977 bits per heavy atom. The summed E-state index contributed by atoms with van der Waals surface area (Å²) in [5.74, 6) is 0.619. The number of anilines is 1. The highest BCUT2D eigenvalue weighted by molar-refractivity contribution is 6.12. The third-order valence-corrected chi connectivity index (χ3v) is 8.95. The van der Waals surface area contributed by atoms with Crippen LogP contribution in [0.2, 0.25) is 0 Å². The van der Waals surface area contributed by atoms with Gasteiger partial charge < -0.3 is 24.6 Å². The van der Waals surface area contributed by atoms with Crippen LogP contribution in [0.25, 0.3) is 11.1 Å². The molecule has 8 heteroatoms. The summed E-state index contributed by atoms with van der Waals surface area (Å²) in [6.45, 7) is 10.1. The molecule has 1 aliphatic carbocycles. The van der Waals surface area contributed by atoms with Crippen LogP contribution >= 0.6 is 0 Å². The summed E-state index contributed by atoms with van der Waals surface area (Å²) in [4.78, 5) is 36.0. The van der Waals surface area contributed by atoms with Gasteiger partial charge in [-0.15, -0.1) is 0 Å². The maximum absolute atomic E-state index is 13.9. The number of hydrogen-bond donors (Lipinski definition) is 1. The van der Waals surface area contributed by atoms with Crippen LogP contribution in [0.3, 0.4) is 0 Å². The summed E-state index contributed by atoms with van der Waals surface area (Å²) in [6, 6.07) is 13.3. The predicted molar refractivity (Wildman–Crippen MR) is 179 cm³/mol. The zero-order valence-corrected chi connectivity index (χ0v) is 27.7. The van der Waals surface area contributed by atoms with Crippen LogP contribution in [0.4, 0.5) is 5.69 Å². The standard InChI is InChI=1S/C36H50N4O4/c1-8-17-40(30-13-11-29(12-14-30)39(5)6)34-22-28(27-9-15-31(16-10-27)44-19-18-43-7)21-32(25(34)3)36(42)37-23-33-26(4)38-24(2)20-35(33)41/h9-10,15-16,21-22,29-30H,8,11-14,17-20,23H2,1-7H3,(H,37,42)/t29-,30-. The number of ether oxygens (including phenoxy) is 2. The van der Waals surface area contributed by atoms with Crippen molar-refractivity contribution in [2.45, 2.75) is 78.3 Å². The molecule has 238 valence electrons. The molecule has 2 aliphatic rings. The fraction of sp³-hybridized carbons (Fsp3) is 0.528. The Kier molecular flexibility index (Phi) is 11.8. The van der Waals surface area contributed by atoms with Crippen LogP contribution in [-0.4, -0.2) is 81.9 Å². The number of allylic oxidation sites excluding steroid dienone is 1. The van der Waals surface area contributed by atoms with Gasteiger partial charge in [0.1, 0.15) is 12.4 Å². The minimum absolute atomic E-state index is 0.0247. The molecule has 0 atom stereocenters. The average Bonchev–Trinajstić information content (AvgIpc) is 3.00. The Morgan fingerprint density at radius 2 is 1.66 bits per heavy atom. The second-order valence-corrected chi connectivity index (χ2v) is 12.3. The van der Waals surface area contributed by atoms with Crippen molar-refractivity contribution in [2.75, 3.05) is 52.4 Å². The van der Waals surface area contributed by atoms with Gasteiger partial charge >= 0.3 is 0 Å². The lowest BCUT2D eigenvalue weighted by Gasteiger charge is -2.41. The second-order valence-electron chi connectivity index (χ2n) is 12.3. The van der Waals surface area contributed by atoms with Crippen LogP contribution in [-0.2, 0) is 9.53 Å². The molecular formula is C36H50N4O4. The zero-order chi connectivity index (χ0) is 31.8. The van der Waals surface area contributed by atoms with Gasteiger partial charge in [0, 0.05) is 66.9 Å². The Hall–Kier alpha value is -3.49. The van der Waals surface area contributed by atoms with Crippen molar-refractivity contribution < 1.29 is 19.1 Å². The number of Topliss-reactive ketones (excluding diaryl/α,β-unsaturated/α-hetero) is 1. The molecule has 0 aromatic heterocycles. The molecule has 2 aromatic carbocycles. The van der Waals surface area contributed by atoms with Crippen molar-refractivity contribution in [3.05, 3.63) is 58.8 Å². The molecule has 0 spiro atoms. The molecule has 2 aromatic rings. The number of benzene rings is 2. The molecule has 1 amide bonds. The molecular weight excluding hydrogens is 552 g/mol. The van der Waals surface area contributed by atoms with Gasteiger partial charge in [-0.05, 0) is 108 Å². The smallest absolute Gasteiger partial charge is 0.251 e. The van der Waals surface area contributed by atoms with E-state index in [2.05, 4.69) is 54.1 Å². The molecule has 4 rings (SSSR count). The minimum atomic E-state index is -0.183. The van der Waals surface area contributed by atoms with E-state index in [4.69, 9.17) is 9.47 Å². The molecule has 0 bridgehead atoms. The largest absolute Gasteiger partial charge is 0.491 e. The number of nitrogens with zero attached hydrogens (tertiary/aromatic N) is 3. The summed E-state index contributed by atoms with van der Waals surface area (Å²) in [6.07, 6.45) is 5.89. The number of aliphatic imine (C=N–C) groups is 1. The van der Waals surface area contributed by atoms with Gasteiger partial charge in [0.15, 0.2) is 5.78 Å². The predicted octanol–water partition coefficient (Wildman–Crippen LogP) is 6.21. The quantitative estimate of drug-likeness (QED) is 0.275. The summed E-state index contributed by atoms with van der Waals surface area (Å²) < 4.78 is 10.9. The molecule has 0 saturated heterocycles. The summed E-state index contributed by atoms with van der Waals surface area (Å²) in [7, 11) is 6.01. The van der Waals surface area contributed by atoms with Gasteiger partial charge in [0.05, 0.1) is 6.61 Å². The molecule has 8 nitrogen and oxygen atoms in total. The zero-order valence-electron chi connectivity index (χ0n) is 27.7. The van der Waals surface area contributed by atoms with Crippen molar-refractivity contribution in [2.24, 2.45) is 4.99 Å². The molecule has 44 heavy (non-hydrogen) atoms. The maximum Gasteiger partial charge on any atom is 0.251 e. The first-order valence-electron chi connectivity index (χ1n) is 16.0. The molecule has 1 fully saturated rings. The number of nitrogens with one attached hydrogen (secondary N) is 1. The van der Waals surface area contributed by atoms with E-state index in [1.165, 1.54) is 12.8 Å². The number of hydrogen-bond acceptors (Lipinski definition) is 7. The third kappa shape index (κ3) is 8.16. The van der Waals surface area contributed by atoms with Crippen LogP contribution in [0.15, 0.2) is 52.7 Å². The van der Waals surface area contributed by atoms with E-state index in [-0.39, 0.29) is 18.2 Å². The van der Waals surface area contributed by atoms with Gasteiger partial charge in [-0.25, -0.2) is 0 Å². The number of carbonyl (C=O) groups is 2.